The van der Waals surface area contributed by atoms with E-state index in [4.69, 9.17) is 9.47 Å². The second-order valence-electron chi connectivity index (χ2n) is 7.34. The van der Waals surface area contributed by atoms with Crippen LogP contribution in [0, 0.1) is 10.1 Å². The monoisotopic (exact) mass is 437 g/mol. The van der Waals surface area contributed by atoms with E-state index in [2.05, 4.69) is 15.3 Å². The molecule has 10 heteroatoms. The van der Waals surface area contributed by atoms with E-state index >= 15 is 0 Å². The largest absolute Gasteiger partial charge is 0.467 e. The Morgan fingerprint density at radius 3 is 2.62 bits per heavy atom. The highest BCUT2D eigenvalue weighted by molar-refractivity contribution is 5.85. The molecule has 0 spiro atoms. The number of hydrogen-bond acceptors (Lipinski definition) is 9. The standard InChI is InChI=1S/C22H23N5O5/c1-31-22(28)19(13-15-5-3-2-4-6-15)24-20-21(26-9-11-32-12-10-26)25-18-14-16(27(29)30)7-8-17(18)23-20/h2-8,14,19H,9-13H2,1H3,(H,23,24). The molecule has 10 nitrogen and oxygen atoms in total. The third-order valence-electron chi connectivity index (χ3n) is 5.23. The summed E-state index contributed by atoms with van der Waals surface area (Å²) < 4.78 is 10.5. The molecule has 0 bridgehead atoms. The average molecular weight is 437 g/mol. The lowest BCUT2D eigenvalue weighted by Crippen LogP contribution is -2.39. The van der Waals surface area contributed by atoms with Gasteiger partial charge in [0.15, 0.2) is 11.6 Å². The number of anilines is 2. The van der Waals surface area contributed by atoms with Crippen LogP contribution in [0.15, 0.2) is 48.5 Å². The number of aromatic nitrogens is 2. The van der Waals surface area contributed by atoms with Crippen LogP contribution in [0.25, 0.3) is 11.0 Å². The van der Waals surface area contributed by atoms with Gasteiger partial charge in [0.1, 0.15) is 6.04 Å². The fourth-order valence-corrected chi connectivity index (χ4v) is 3.59. The van der Waals surface area contributed by atoms with Gasteiger partial charge in [-0.15, -0.1) is 0 Å². The van der Waals surface area contributed by atoms with Gasteiger partial charge in [-0.2, -0.15) is 0 Å². The number of nitrogens with one attached hydrogen (secondary N) is 1. The Morgan fingerprint density at radius 1 is 1.19 bits per heavy atom. The Kier molecular flexibility index (Phi) is 6.41. The quantitative estimate of drug-likeness (QED) is 0.338. The number of methoxy groups -OCH3 is 1. The number of carbonyl (C=O) groups is 1. The van der Waals surface area contributed by atoms with Crippen LogP contribution in [0.3, 0.4) is 0 Å². The molecule has 1 atom stereocenters. The molecular weight excluding hydrogens is 414 g/mol. The zero-order valence-corrected chi connectivity index (χ0v) is 17.6. The number of benzene rings is 2. The molecule has 1 unspecified atom stereocenters. The lowest BCUT2D eigenvalue weighted by Gasteiger charge is -2.30. The summed E-state index contributed by atoms with van der Waals surface area (Å²) in [6.07, 6.45) is 0.399. The van der Waals surface area contributed by atoms with Gasteiger partial charge in [-0.3, -0.25) is 10.1 Å². The maximum atomic E-state index is 12.6. The van der Waals surface area contributed by atoms with E-state index in [-0.39, 0.29) is 5.69 Å². The minimum absolute atomic E-state index is 0.0584. The van der Waals surface area contributed by atoms with Gasteiger partial charge in [-0.1, -0.05) is 30.3 Å². The first-order valence-electron chi connectivity index (χ1n) is 10.2. The van der Waals surface area contributed by atoms with Crippen molar-refractivity contribution in [2.45, 2.75) is 12.5 Å². The number of non-ortho nitro benzene ring substituents is 1. The number of fused-ring (bicyclic) bond motifs is 1. The zero-order valence-electron chi connectivity index (χ0n) is 17.6. The molecule has 0 aliphatic carbocycles. The van der Waals surface area contributed by atoms with Crippen LogP contribution in [0.2, 0.25) is 0 Å². The molecule has 3 aromatic rings. The summed E-state index contributed by atoms with van der Waals surface area (Å²) in [5, 5.41) is 14.4. The summed E-state index contributed by atoms with van der Waals surface area (Å²) in [5.41, 5.74) is 1.80. The maximum absolute atomic E-state index is 12.6. The highest BCUT2D eigenvalue weighted by Crippen LogP contribution is 2.28. The minimum Gasteiger partial charge on any atom is -0.467 e. The van der Waals surface area contributed by atoms with Crippen molar-refractivity contribution in [2.75, 3.05) is 43.6 Å². The summed E-state index contributed by atoms with van der Waals surface area (Å²) in [5.74, 6) is 0.509. The second-order valence-corrected chi connectivity index (χ2v) is 7.34. The average Bonchev–Trinajstić information content (AvgIpc) is 2.83. The number of nitro groups is 1. The van der Waals surface area contributed by atoms with Crippen molar-refractivity contribution in [3.05, 3.63) is 64.2 Å². The summed E-state index contributed by atoms with van der Waals surface area (Å²) >= 11 is 0. The van der Waals surface area contributed by atoms with Crippen molar-refractivity contribution >= 4 is 34.3 Å². The molecule has 2 aromatic carbocycles. The van der Waals surface area contributed by atoms with E-state index in [9.17, 15) is 14.9 Å². The van der Waals surface area contributed by atoms with E-state index < -0.39 is 16.9 Å². The first-order chi connectivity index (χ1) is 15.5. The summed E-state index contributed by atoms with van der Waals surface area (Å²) in [4.78, 5) is 34.6. The molecule has 0 amide bonds. The van der Waals surface area contributed by atoms with Crippen molar-refractivity contribution in [1.82, 2.24) is 9.97 Å². The van der Waals surface area contributed by atoms with Gasteiger partial charge in [0.05, 0.1) is 36.3 Å². The fourth-order valence-electron chi connectivity index (χ4n) is 3.59. The molecule has 1 fully saturated rings. The molecule has 1 aromatic heterocycles. The predicted molar refractivity (Wildman–Crippen MR) is 119 cm³/mol. The van der Waals surface area contributed by atoms with Gasteiger partial charge in [-0.25, -0.2) is 14.8 Å². The van der Waals surface area contributed by atoms with Crippen LogP contribution in [0.4, 0.5) is 17.3 Å². The molecule has 4 rings (SSSR count). The van der Waals surface area contributed by atoms with Crippen molar-refractivity contribution in [3.63, 3.8) is 0 Å². The molecule has 1 N–H and O–H groups in total. The van der Waals surface area contributed by atoms with Crippen molar-refractivity contribution in [2.24, 2.45) is 0 Å². The molecular formula is C22H23N5O5. The summed E-state index contributed by atoms with van der Waals surface area (Å²) in [6, 6.07) is 13.3. The number of hydrogen-bond donors (Lipinski definition) is 1. The third-order valence-corrected chi connectivity index (χ3v) is 5.23. The number of nitrogens with zero attached hydrogens (tertiary/aromatic N) is 4. The molecule has 1 saturated heterocycles. The van der Waals surface area contributed by atoms with Crippen molar-refractivity contribution in [3.8, 4) is 0 Å². The Balaban J connectivity index is 1.74. The van der Waals surface area contributed by atoms with E-state index in [0.29, 0.717) is 55.4 Å². The van der Waals surface area contributed by atoms with E-state index in [0.717, 1.165) is 5.56 Å². The number of rotatable bonds is 7. The van der Waals surface area contributed by atoms with Gasteiger partial charge in [0.25, 0.3) is 5.69 Å². The first kappa shape index (κ1) is 21.4. The molecule has 0 radical (unpaired) electrons. The Hall–Kier alpha value is -3.79. The smallest absolute Gasteiger partial charge is 0.328 e. The number of carbonyl (C=O) groups excluding carboxylic acids is 1. The second kappa shape index (κ2) is 9.56. The lowest BCUT2D eigenvalue weighted by atomic mass is 10.1. The molecule has 32 heavy (non-hydrogen) atoms. The predicted octanol–water partition coefficient (Wildman–Crippen LogP) is 2.57. The van der Waals surface area contributed by atoms with Crippen LogP contribution in [-0.4, -0.2) is 60.3 Å². The highest BCUT2D eigenvalue weighted by atomic mass is 16.6. The fraction of sp³-hybridized carbons (Fsp3) is 0.318. The minimum atomic E-state index is -0.688. The van der Waals surface area contributed by atoms with Gasteiger partial charge in [-0.05, 0) is 11.6 Å². The zero-order chi connectivity index (χ0) is 22.5. The Morgan fingerprint density at radius 2 is 1.94 bits per heavy atom. The first-order valence-corrected chi connectivity index (χ1v) is 10.2. The summed E-state index contributed by atoms with van der Waals surface area (Å²) in [7, 11) is 1.34. The Bertz CT molecular complexity index is 1120. The molecule has 0 saturated carbocycles. The molecule has 1 aliphatic heterocycles. The van der Waals surface area contributed by atoms with E-state index in [1.807, 2.05) is 35.2 Å². The SMILES string of the molecule is COC(=O)C(Cc1ccccc1)Nc1nc2ccc([N+](=O)[O-])cc2nc1N1CCOCC1. The van der Waals surface area contributed by atoms with Crippen LogP contribution in [-0.2, 0) is 20.7 Å². The number of ether oxygens (including phenoxy) is 2. The van der Waals surface area contributed by atoms with Crippen molar-refractivity contribution in [1.29, 1.82) is 0 Å². The molecule has 1 aliphatic rings. The lowest BCUT2D eigenvalue weighted by molar-refractivity contribution is -0.384. The van der Waals surface area contributed by atoms with Crippen LogP contribution in [0.5, 0.6) is 0 Å². The van der Waals surface area contributed by atoms with Crippen LogP contribution >= 0.6 is 0 Å². The number of nitro benzene ring substituents is 1. The van der Waals surface area contributed by atoms with Gasteiger partial charge >= 0.3 is 5.97 Å². The van der Waals surface area contributed by atoms with E-state index in [1.54, 1.807) is 6.07 Å². The van der Waals surface area contributed by atoms with Crippen LogP contribution < -0.4 is 10.2 Å². The molecule has 2 heterocycles. The number of morpholine rings is 1. The van der Waals surface area contributed by atoms with Crippen LogP contribution in [0.1, 0.15) is 5.56 Å². The van der Waals surface area contributed by atoms with Gasteiger partial charge in [0.2, 0.25) is 0 Å². The highest BCUT2D eigenvalue weighted by Gasteiger charge is 2.25. The van der Waals surface area contributed by atoms with E-state index in [1.165, 1.54) is 19.2 Å². The molecule has 166 valence electrons. The maximum Gasteiger partial charge on any atom is 0.328 e. The normalized spacial score (nSPS) is 14.7. The number of esters is 1. The summed E-state index contributed by atoms with van der Waals surface area (Å²) in [6.45, 7) is 2.23. The van der Waals surface area contributed by atoms with Gasteiger partial charge in [0, 0.05) is 31.6 Å². The van der Waals surface area contributed by atoms with Crippen molar-refractivity contribution < 1.29 is 19.2 Å². The Labute approximate surface area is 184 Å². The third kappa shape index (κ3) is 4.75. The van der Waals surface area contributed by atoms with Gasteiger partial charge < -0.3 is 19.7 Å². The topological polar surface area (TPSA) is 120 Å².